The van der Waals surface area contributed by atoms with Gasteiger partial charge in [-0.2, -0.15) is 0 Å². The van der Waals surface area contributed by atoms with Crippen molar-refractivity contribution in [1.29, 1.82) is 0 Å². The monoisotopic (exact) mass is 272 g/mol. The lowest BCUT2D eigenvalue weighted by Crippen LogP contribution is -2.39. The highest BCUT2D eigenvalue weighted by Crippen LogP contribution is 2.31. The maximum atomic E-state index is 11.1. The van der Waals surface area contributed by atoms with Crippen molar-refractivity contribution in [3.05, 3.63) is 29.7 Å². The molecule has 2 aromatic rings. The fraction of sp³-hybridized carbons (Fsp3) is 0.533. The number of hydrogen-bond acceptors (Lipinski definition) is 4. The van der Waals surface area contributed by atoms with Gasteiger partial charge in [-0.3, -0.25) is 14.1 Å². The second-order valence-corrected chi connectivity index (χ2v) is 5.68. The van der Waals surface area contributed by atoms with Gasteiger partial charge in [0, 0.05) is 12.2 Å². The molecule has 1 atom stereocenters. The SMILES string of the molecule is CC(C)N1CCCCC1c1nnc2c(C=O)cccn12. The Kier molecular flexibility index (Phi) is 3.53. The van der Waals surface area contributed by atoms with Gasteiger partial charge in [0.25, 0.3) is 0 Å². The molecule has 1 saturated heterocycles. The van der Waals surface area contributed by atoms with E-state index in [1.54, 1.807) is 6.07 Å². The van der Waals surface area contributed by atoms with Crippen molar-refractivity contribution in [2.75, 3.05) is 6.54 Å². The fourth-order valence-electron chi connectivity index (χ4n) is 3.12. The van der Waals surface area contributed by atoms with Crippen molar-refractivity contribution >= 4 is 11.9 Å². The first-order valence-electron chi connectivity index (χ1n) is 7.27. The normalized spacial score (nSPS) is 20.6. The van der Waals surface area contributed by atoms with Gasteiger partial charge in [0.15, 0.2) is 17.8 Å². The minimum Gasteiger partial charge on any atom is -0.298 e. The van der Waals surface area contributed by atoms with Crippen molar-refractivity contribution in [1.82, 2.24) is 19.5 Å². The second-order valence-electron chi connectivity index (χ2n) is 5.68. The average molecular weight is 272 g/mol. The number of rotatable bonds is 3. The third-order valence-corrected chi connectivity index (χ3v) is 4.12. The van der Waals surface area contributed by atoms with Crippen LogP contribution < -0.4 is 0 Å². The maximum Gasteiger partial charge on any atom is 0.171 e. The van der Waals surface area contributed by atoms with Crippen LogP contribution >= 0.6 is 0 Å². The number of piperidine rings is 1. The van der Waals surface area contributed by atoms with Gasteiger partial charge in [-0.1, -0.05) is 6.42 Å². The van der Waals surface area contributed by atoms with Crippen molar-refractivity contribution in [3.8, 4) is 0 Å². The molecule has 0 amide bonds. The molecular formula is C15H20N4O. The lowest BCUT2D eigenvalue weighted by molar-refractivity contribution is 0.105. The van der Waals surface area contributed by atoms with E-state index < -0.39 is 0 Å². The number of aromatic nitrogens is 3. The summed E-state index contributed by atoms with van der Waals surface area (Å²) in [7, 11) is 0. The van der Waals surface area contributed by atoms with Gasteiger partial charge in [0.1, 0.15) is 0 Å². The Morgan fingerprint density at radius 2 is 2.20 bits per heavy atom. The molecule has 5 heteroatoms. The molecule has 0 aromatic carbocycles. The molecule has 106 valence electrons. The van der Waals surface area contributed by atoms with Gasteiger partial charge >= 0.3 is 0 Å². The van der Waals surface area contributed by atoms with Crippen molar-refractivity contribution in [2.24, 2.45) is 0 Å². The zero-order valence-corrected chi connectivity index (χ0v) is 12.0. The zero-order valence-electron chi connectivity index (χ0n) is 12.0. The second kappa shape index (κ2) is 5.32. The summed E-state index contributed by atoms with van der Waals surface area (Å²) in [6, 6.07) is 4.44. The number of carbonyl (C=O) groups excluding carboxylic acids is 1. The van der Waals surface area contributed by atoms with Crippen LogP contribution in [0.25, 0.3) is 5.65 Å². The number of nitrogens with zero attached hydrogens (tertiary/aromatic N) is 4. The van der Waals surface area contributed by atoms with E-state index in [-0.39, 0.29) is 0 Å². The highest BCUT2D eigenvalue weighted by molar-refractivity contribution is 5.83. The van der Waals surface area contributed by atoms with Crippen LogP contribution in [0, 0.1) is 0 Å². The van der Waals surface area contributed by atoms with Crippen molar-refractivity contribution in [2.45, 2.75) is 45.2 Å². The van der Waals surface area contributed by atoms with Crippen LogP contribution in [0.4, 0.5) is 0 Å². The molecule has 0 spiro atoms. The molecule has 2 aromatic heterocycles. The predicted molar refractivity (Wildman–Crippen MR) is 76.8 cm³/mol. The number of carbonyl (C=O) groups is 1. The highest BCUT2D eigenvalue weighted by atomic mass is 16.1. The summed E-state index contributed by atoms with van der Waals surface area (Å²) in [4.78, 5) is 13.6. The average Bonchev–Trinajstić information content (AvgIpc) is 2.90. The van der Waals surface area contributed by atoms with Crippen LogP contribution in [-0.2, 0) is 0 Å². The number of aldehydes is 1. The first-order valence-corrected chi connectivity index (χ1v) is 7.27. The standard InChI is InChI=1S/C15H20N4O/c1-11(2)18-8-4-3-7-13(18)15-17-16-14-12(10-20)6-5-9-19(14)15/h5-6,9-11,13H,3-4,7-8H2,1-2H3. The largest absolute Gasteiger partial charge is 0.298 e. The Bertz CT molecular complexity index is 619. The van der Waals surface area contributed by atoms with Gasteiger partial charge in [-0.05, 0) is 45.4 Å². The molecule has 1 unspecified atom stereocenters. The zero-order chi connectivity index (χ0) is 14.1. The maximum absolute atomic E-state index is 11.1. The number of hydrogen-bond donors (Lipinski definition) is 0. The van der Waals surface area contributed by atoms with Crippen molar-refractivity contribution in [3.63, 3.8) is 0 Å². The summed E-state index contributed by atoms with van der Waals surface area (Å²) >= 11 is 0. The van der Waals surface area contributed by atoms with Crippen LogP contribution in [0.3, 0.4) is 0 Å². The van der Waals surface area contributed by atoms with Crippen LogP contribution in [0.5, 0.6) is 0 Å². The topological polar surface area (TPSA) is 50.5 Å². The summed E-state index contributed by atoms with van der Waals surface area (Å²) in [5.74, 6) is 0.956. The summed E-state index contributed by atoms with van der Waals surface area (Å²) in [6.45, 7) is 5.54. The Hall–Kier alpha value is -1.75. The quantitative estimate of drug-likeness (QED) is 0.805. The van der Waals surface area contributed by atoms with E-state index in [0.717, 1.165) is 25.1 Å². The minimum atomic E-state index is 0.292. The van der Waals surface area contributed by atoms with Gasteiger partial charge in [0.05, 0.1) is 11.6 Å². The molecule has 1 aliphatic heterocycles. The summed E-state index contributed by atoms with van der Waals surface area (Å²) in [5, 5.41) is 8.59. The van der Waals surface area contributed by atoms with Gasteiger partial charge in [-0.15, -0.1) is 10.2 Å². The van der Waals surface area contributed by atoms with E-state index in [1.807, 2.05) is 16.7 Å². The molecule has 5 nitrogen and oxygen atoms in total. The van der Waals surface area contributed by atoms with E-state index >= 15 is 0 Å². The summed E-state index contributed by atoms with van der Waals surface area (Å²) in [6.07, 6.45) is 6.35. The third kappa shape index (κ3) is 2.12. The Labute approximate surface area is 118 Å². The van der Waals surface area contributed by atoms with Crippen LogP contribution in [0.1, 0.15) is 55.3 Å². The molecule has 0 radical (unpaired) electrons. The summed E-state index contributed by atoms with van der Waals surface area (Å²) in [5.41, 5.74) is 1.25. The Morgan fingerprint density at radius 1 is 1.35 bits per heavy atom. The highest BCUT2D eigenvalue weighted by Gasteiger charge is 2.29. The Balaban J connectivity index is 2.07. The molecule has 0 bridgehead atoms. The molecular weight excluding hydrogens is 252 g/mol. The number of likely N-dealkylation sites (tertiary alicyclic amines) is 1. The minimum absolute atomic E-state index is 0.292. The van der Waals surface area contributed by atoms with E-state index in [9.17, 15) is 4.79 Å². The molecule has 3 rings (SSSR count). The first-order chi connectivity index (χ1) is 9.72. The van der Waals surface area contributed by atoms with Gasteiger partial charge < -0.3 is 0 Å². The number of pyridine rings is 1. The van der Waals surface area contributed by atoms with E-state index in [4.69, 9.17) is 0 Å². The smallest absolute Gasteiger partial charge is 0.171 e. The lowest BCUT2D eigenvalue weighted by atomic mass is 10.00. The van der Waals surface area contributed by atoms with Crippen LogP contribution in [-0.4, -0.2) is 38.4 Å². The van der Waals surface area contributed by atoms with Crippen LogP contribution in [0.2, 0.25) is 0 Å². The van der Waals surface area contributed by atoms with Crippen molar-refractivity contribution < 1.29 is 4.79 Å². The molecule has 3 heterocycles. The lowest BCUT2D eigenvalue weighted by Gasteiger charge is -2.37. The number of fused-ring (bicyclic) bond motifs is 1. The van der Waals surface area contributed by atoms with E-state index in [0.29, 0.717) is 23.3 Å². The summed E-state index contributed by atoms with van der Waals surface area (Å²) < 4.78 is 1.97. The first kappa shape index (κ1) is 13.2. The third-order valence-electron chi connectivity index (χ3n) is 4.12. The fourth-order valence-corrected chi connectivity index (χ4v) is 3.12. The van der Waals surface area contributed by atoms with Crippen LogP contribution in [0.15, 0.2) is 18.3 Å². The van der Waals surface area contributed by atoms with E-state index in [2.05, 4.69) is 28.9 Å². The molecule has 20 heavy (non-hydrogen) atoms. The van der Waals surface area contributed by atoms with Gasteiger partial charge in [0.2, 0.25) is 0 Å². The molecule has 1 aliphatic rings. The Morgan fingerprint density at radius 3 is 2.95 bits per heavy atom. The molecule has 0 aliphatic carbocycles. The van der Waals surface area contributed by atoms with E-state index in [1.165, 1.54) is 12.8 Å². The molecule has 0 N–H and O–H groups in total. The molecule has 0 saturated carbocycles. The predicted octanol–water partition coefficient (Wildman–Crippen LogP) is 2.48. The van der Waals surface area contributed by atoms with Gasteiger partial charge in [-0.25, -0.2) is 0 Å². The molecule has 1 fully saturated rings.